The van der Waals surface area contributed by atoms with Crippen LogP contribution < -0.4 is 5.32 Å². The fraction of sp³-hybridized carbons (Fsp3) is 0.533. The number of aromatic nitrogens is 4. The molecule has 2 heterocycles. The molecule has 1 unspecified atom stereocenters. The largest absolute Gasteiger partial charge is 0.354 e. The van der Waals surface area contributed by atoms with Gasteiger partial charge in [0, 0.05) is 25.0 Å². The normalized spacial score (nSPS) is 12.4. The van der Waals surface area contributed by atoms with Crippen LogP contribution in [0.5, 0.6) is 0 Å². The molecule has 2 aromatic heterocycles. The standard InChI is InChI=1S/C15H22ClN5O/c1-10-8-11(2)20(18-10)7-5-6-17-15(22)13(4)21-9-14(16)12(3)19-21/h8-9,13H,5-7H2,1-4H3,(H,17,22). The van der Waals surface area contributed by atoms with Crippen LogP contribution in [0, 0.1) is 20.8 Å². The zero-order valence-corrected chi connectivity index (χ0v) is 14.2. The maximum Gasteiger partial charge on any atom is 0.244 e. The zero-order chi connectivity index (χ0) is 16.3. The van der Waals surface area contributed by atoms with Gasteiger partial charge in [-0.15, -0.1) is 0 Å². The van der Waals surface area contributed by atoms with Gasteiger partial charge in [-0.3, -0.25) is 14.2 Å². The number of halogens is 1. The molecule has 0 aliphatic carbocycles. The third-order valence-electron chi connectivity index (χ3n) is 3.58. The van der Waals surface area contributed by atoms with Crippen LogP contribution in [0.4, 0.5) is 0 Å². The summed E-state index contributed by atoms with van der Waals surface area (Å²) in [6, 6.07) is 1.67. The molecule has 0 aromatic carbocycles. The first kappa shape index (κ1) is 16.5. The van der Waals surface area contributed by atoms with E-state index in [1.807, 2.05) is 31.5 Å². The van der Waals surface area contributed by atoms with Crippen LogP contribution in [0.3, 0.4) is 0 Å². The van der Waals surface area contributed by atoms with E-state index in [4.69, 9.17) is 11.6 Å². The van der Waals surface area contributed by atoms with Gasteiger partial charge in [-0.1, -0.05) is 11.6 Å². The lowest BCUT2D eigenvalue weighted by Crippen LogP contribution is -2.32. The van der Waals surface area contributed by atoms with E-state index in [1.54, 1.807) is 17.8 Å². The monoisotopic (exact) mass is 323 g/mol. The van der Waals surface area contributed by atoms with Gasteiger partial charge < -0.3 is 5.32 Å². The van der Waals surface area contributed by atoms with Crippen molar-refractivity contribution in [3.63, 3.8) is 0 Å². The molecule has 2 rings (SSSR count). The zero-order valence-electron chi connectivity index (χ0n) is 13.4. The van der Waals surface area contributed by atoms with Gasteiger partial charge in [-0.2, -0.15) is 10.2 Å². The summed E-state index contributed by atoms with van der Waals surface area (Å²) in [5, 5.41) is 12.1. The topological polar surface area (TPSA) is 64.7 Å². The van der Waals surface area contributed by atoms with Crippen molar-refractivity contribution in [2.45, 2.75) is 46.7 Å². The Bertz CT molecular complexity index is 641. The molecule has 0 fully saturated rings. The van der Waals surface area contributed by atoms with E-state index in [0.717, 1.165) is 30.0 Å². The molecular formula is C15H22ClN5O. The minimum absolute atomic E-state index is 0.0625. The van der Waals surface area contributed by atoms with E-state index in [-0.39, 0.29) is 11.9 Å². The Morgan fingerprint density at radius 3 is 2.64 bits per heavy atom. The summed E-state index contributed by atoms with van der Waals surface area (Å²) in [7, 11) is 0. The highest BCUT2D eigenvalue weighted by Crippen LogP contribution is 2.15. The Hall–Kier alpha value is -1.82. The number of rotatable bonds is 6. The molecule has 2 aromatic rings. The van der Waals surface area contributed by atoms with Crippen molar-refractivity contribution < 1.29 is 4.79 Å². The average Bonchev–Trinajstić information content (AvgIpc) is 2.96. The van der Waals surface area contributed by atoms with Crippen molar-refractivity contribution in [1.82, 2.24) is 24.9 Å². The Morgan fingerprint density at radius 2 is 2.09 bits per heavy atom. The molecule has 0 aliphatic heterocycles. The second kappa shape index (κ2) is 6.96. The summed E-state index contributed by atoms with van der Waals surface area (Å²) >= 11 is 5.96. The van der Waals surface area contributed by atoms with Gasteiger partial charge in [0.2, 0.25) is 5.91 Å². The Labute approximate surface area is 135 Å². The van der Waals surface area contributed by atoms with Crippen LogP contribution >= 0.6 is 11.6 Å². The van der Waals surface area contributed by atoms with Gasteiger partial charge in [-0.25, -0.2) is 0 Å². The van der Waals surface area contributed by atoms with E-state index in [0.29, 0.717) is 11.6 Å². The van der Waals surface area contributed by atoms with Crippen LogP contribution in [0.15, 0.2) is 12.3 Å². The Kier molecular flexibility index (Phi) is 5.24. The lowest BCUT2D eigenvalue weighted by molar-refractivity contribution is -0.124. The van der Waals surface area contributed by atoms with Gasteiger partial charge in [0.05, 0.1) is 16.4 Å². The minimum Gasteiger partial charge on any atom is -0.354 e. The highest BCUT2D eigenvalue weighted by molar-refractivity contribution is 6.31. The molecule has 0 saturated heterocycles. The number of hydrogen-bond donors (Lipinski definition) is 1. The average molecular weight is 324 g/mol. The van der Waals surface area contributed by atoms with Gasteiger partial charge in [0.25, 0.3) is 0 Å². The maximum atomic E-state index is 12.1. The first-order valence-corrected chi connectivity index (χ1v) is 7.76. The molecule has 1 atom stereocenters. The van der Waals surface area contributed by atoms with Crippen LogP contribution in [-0.2, 0) is 11.3 Å². The first-order chi connectivity index (χ1) is 10.4. The highest BCUT2D eigenvalue weighted by atomic mass is 35.5. The molecule has 1 amide bonds. The highest BCUT2D eigenvalue weighted by Gasteiger charge is 2.16. The van der Waals surface area contributed by atoms with Crippen molar-refractivity contribution in [1.29, 1.82) is 0 Å². The van der Waals surface area contributed by atoms with Gasteiger partial charge in [0.15, 0.2) is 0 Å². The predicted molar refractivity (Wildman–Crippen MR) is 86.0 cm³/mol. The molecule has 7 heteroatoms. The number of nitrogens with one attached hydrogen (secondary N) is 1. The molecular weight excluding hydrogens is 302 g/mol. The maximum absolute atomic E-state index is 12.1. The fourth-order valence-corrected chi connectivity index (χ4v) is 2.41. The molecule has 120 valence electrons. The van der Waals surface area contributed by atoms with Crippen molar-refractivity contribution in [2.75, 3.05) is 6.54 Å². The van der Waals surface area contributed by atoms with E-state index in [2.05, 4.69) is 15.5 Å². The molecule has 0 aliphatic rings. The van der Waals surface area contributed by atoms with Crippen molar-refractivity contribution in [2.24, 2.45) is 0 Å². The summed E-state index contributed by atoms with van der Waals surface area (Å²) in [4.78, 5) is 12.1. The molecule has 0 spiro atoms. The van der Waals surface area contributed by atoms with Crippen molar-refractivity contribution in [3.8, 4) is 0 Å². The predicted octanol–water partition coefficient (Wildman–Crippen LogP) is 2.43. The quantitative estimate of drug-likeness (QED) is 0.830. The molecule has 6 nitrogen and oxygen atoms in total. The van der Waals surface area contributed by atoms with Gasteiger partial charge in [0.1, 0.15) is 6.04 Å². The smallest absolute Gasteiger partial charge is 0.244 e. The number of aryl methyl sites for hydroxylation is 4. The van der Waals surface area contributed by atoms with E-state index < -0.39 is 0 Å². The third kappa shape index (κ3) is 3.88. The second-order valence-corrected chi connectivity index (χ2v) is 5.92. The number of hydrogen-bond acceptors (Lipinski definition) is 3. The number of amides is 1. The third-order valence-corrected chi connectivity index (χ3v) is 3.95. The Morgan fingerprint density at radius 1 is 1.36 bits per heavy atom. The minimum atomic E-state index is -0.375. The number of carbonyl (C=O) groups excluding carboxylic acids is 1. The van der Waals surface area contributed by atoms with E-state index >= 15 is 0 Å². The lowest BCUT2D eigenvalue weighted by Gasteiger charge is -2.12. The Balaban J connectivity index is 1.79. The summed E-state index contributed by atoms with van der Waals surface area (Å²) in [6.45, 7) is 9.03. The van der Waals surface area contributed by atoms with Crippen LogP contribution in [0.1, 0.15) is 36.5 Å². The lowest BCUT2D eigenvalue weighted by atomic mass is 10.3. The summed E-state index contributed by atoms with van der Waals surface area (Å²) in [5.74, 6) is -0.0625. The summed E-state index contributed by atoms with van der Waals surface area (Å²) in [5.41, 5.74) is 2.88. The molecule has 22 heavy (non-hydrogen) atoms. The summed E-state index contributed by atoms with van der Waals surface area (Å²) < 4.78 is 3.55. The van der Waals surface area contributed by atoms with Gasteiger partial charge in [-0.05, 0) is 40.2 Å². The van der Waals surface area contributed by atoms with Crippen LogP contribution in [0.2, 0.25) is 5.02 Å². The second-order valence-electron chi connectivity index (χ2n) is 5.51. The van der Waals surface area contributed by atoms with Crippen molar-refractivity contribution in [3.05, 3.63) is 34.4 Å². The van der Waals surface area contributed by atoms with Crippen LogP contribution in [0.25, 0.3) is 0 Å². The van der Waals surface area contributed by atoms with E-state index in [1.165, 1.54) is 0 Å². The van der Waals surface area contributed by atoms with Crippen LogP contribution in [-0.4, -0.2) is 32.0 Å². The van der Waals surface area contributed by atoms with Crippen molar-refractivity contribution >= 4 is 17.5 Å². The molecule has 0 bridgehead atoms. The molecule has 1 N–H and O–H groups in total. The summed E-state index contributed by atoms with van der Waals surface area (Å²) in [6.07, 6.45) is 2.51. The SMILES string of the molecule is Cc1cc(C)n(CCCNC(=O)C(C)n2cc(Cl)c(C)n2)n1. The number of carbonyl (C=O) groups is 1. The van der Waals surface area contributed by atoms with E-state index in [9.17, 15) is 4.79 Å². The fourth-order valence-electron chi connectivity index (χ4n) is 2.27. The molecule has 0 saturated carbocycles. The van der Waals surface area contributed by atoms with Gasteiger partial charge >= 0.3 is 0 Å². The first-order valence-electron chi connectivity index (χ1n) is 7.38. The number of nitrogens with zero attached hydrogens (tertiary/aromatic N) is 4. The molecule has 0 radical (unpaired) electrons.